The Labute approximate surface area is 112 Å². The molecule has 20 heavy (non-hydrogen) atoms. The maximum absolute atomic E-state index is 11.7. The second-order valence-corrected chi connectivity index (χ2v) is 4.45. The minimum absolute atomic E-state index is 0.161. The molecule has 2 heterocycles. The number of fused-ring (bicyclic) bond motifs is 1. The molecule has 0 fully saturated rings. The number of aromatic amines is 3. The molecule has 0 radical (unpaired) electrons. The van der Waals surface area contributed by atoms with E-state index in [1.54, 1.807) is 0 Å². The van der Waals surface area contributed by atoms with Gasteiger partial charge in [-0.1, -0.05) is 30.3 Å². The maximum atomic E-state index is 11.7. The number of H-pyrrole nitrogens is 3. The van der Waals surface area contributed by atoms with Crippen LogP contribution in [0.4, 0.5) is 0 Å². The van der Waals surface area contributed by atoms with Gasteiger partial charge < -0.3 is 10.7 Å². The summed E-state index contributed by atoms with van der Waals surface area (Å²) >= 11 is 0. The van der Waals surface area contributed by atoms with Gasteiger partial charge in [-0.2, -0.15) is 0 Å². The van der Waals surface area contributed by atoms with Gasteiger partial charge >= 0.3 is 5.69 Å². The minimum Gasteiger partial charge on any atom is -0.336 e. The van der Waals surface area contributed by atoms with Crippen molar-refractivity contribution in [2.24, 2.45) is 5.73 Å². The largest absolute Gasteiger partial charge is 0.336 e. The van der Waals surface area contributed by atoms with Crippen LogP contribution in [0, 0.1) is 0 Å². The third-order valence-corrected chi connectivity index (χ3v) is 3.18. The van der Waals surface area contributed by atoms with E-state index < -0.39 is 11.2 Å². The Bertz CT molecular complexity index is 846. The fourth-order valence-corrected chi connectivity index (χ4v) is 2.21. The van der Waals surface area contributed by atoms with E-state index in [0.29, 0.717) is 12.4 Å². The molecule has 0 spiro atoms. The van der Waals surface area contributed by atoms with Crippen LogP contribution in [0.5, 0.6) is 0 Å². The Balaban J connectivity index is 2.16. The third kappa shape index (κ3) is 2.04. The smallest absolute Gasteiger partial charge is 0.327 e. The zero-order valence-electron chi connectivity index (χ0n) is 10.5. The molecule has 1 unspecified atom stereocenters. The van der Waals surface area contributed by atoms with Crippen molar-refractivity contribution in [2.75, 3.05) is 6.54 Å². The number of rotatable bonds is 3. The molecule has 5 N–H and O–H groups in total. The SMILES string of the molecule is NCC(c1ccccc1)c1nc2[nH]c(=O)[nH]c(=O)c2[nH]1. The standard InChI is InChI=1S/C13H13N5O2/c14-6-8(7-4-2-1-3-5-7)10-15-9-11(16-10)17-13(20)18-12(9)19/h1-5,8H,6,14H2,(H3,15,16,17,18,19,20). The Kier molecular flexibility index (Phi) is 2.96. The topological polar surface area (TPSA) is 120 Å². The summed E-state index contributed by atoms with van der Waals surface area (Å²) in [4.78, 5) is 34.8. The fraction of sp³-hybridized carbons (Fsp3) is 0.154. The normalized spacial score (nSPS) is 12.7. The molecule has 1 atom stereocenters. The molecule has 0 aliphatic carbocycles. The van der Waals surface area contributed by atoms with Crippen molar-refractivity contribution in [3.63, 3.8) is 0 Å². The van der Waals surface area contributed by atoms with Gasteiger partial charge in [-0.25, -0.2) is 9.78 Å². The lowest BCUT2D eigenvalue weighted by molar-refractivity contribution is 0.768. The van der Waals surface area contributed by atoms with E-state index in [-0.39, 0.29) is 17.1 Å². The van der Waals surface area contributed by atoms with Crippen LogP contribution in [0.25, 0.3) is 11.2 Å². The lowest BCUT2D eigenvalue weighted by Crippen LogP contribution is -2.21. The summed E-state index contributed by atoms with van der Waals surface area (Å²) in [5.41, 5.74) is 6.21. The molecule has 102 valence electrons. The highest BCUT2D eigenvalue weighted by molar-refractivity contribution is 5.69. The monoisotopic (exact) mass is 271 g/mol. The van der Waals surface area contributed by atoms with Gasteiger partial charge in [0.25, 0.3) is 5.56 Å². The van der Waals surface area contributed by atoms with Crippen molar-refractivity contribution in [3.8, 4) is 0 Å². The average molecular weight is 271 g/mol. The Morgan fingerprint density at radius 1 is 1.10 bits per heavy atom. The molecule has 0 aliphatic heterocycles. The summed E-state index contributed by atoms with van der Waals surface area (Å²) in [6, 6.07) is 9.62. The molecule has 0 saturated carbocycles. The third-order valence-electron chi connectivity index (χ3n) is 3.18. The van der Waals surface area contributed by atoms with Crippen LogP contribution in [0.15, 0.2) is 39.9 Å². The summed E-state index contributed by atoms with van der Waals surface area (Å²) < 4.78 is 0. The molecular formula is C13H13N5O2. The predicted octanol–water partition coefficient (Wildman–Crippen LogP) is 0.0301. The molecule has 7 nitrogen and oxygen atoms in total. The first kappa shape index (κ1) is 12.4. The lowest BCUT2D eigenvalue weighted by Gasteiger charge is -2.11. The van der Waals surface area contributed by atoms with Gasteiger partial charge in [0.2, 0.25) is 0 Å². The molecule has 1 aromatic carbocycles. The van der Waals surface area contributed by atoms with Crippen molar-refractivity contribution in [1.82, 2.24) is 19.9 Å². The van der Waals surface area contributed by atoms with E-state index in [1.165, 1.54) is 0 Å². The summed E-state index contributed by atoms with van der Waals surface area (Å²) in [5.74, 6) is 0.396. The van der Waals surface area contributed by atoms with Gasteiger partial charge in [0.05, 0.1) is 5.92 Å². The molecule has 0 amide bonds. The van der Waals surface area contributed by atoms with E-state index >= 15 is 0 Å². The van der Waals surface area contributed by atoms with Crippen molar-refractivity contribution >= 4 is 11.2 Å². The number of hydrogen-bond donors (Lipinski definition) is 4. The van der Waals surface area contributed by atoms with E-state index in [2.05, 4.69) is 19.9 Å². The predicted molar refractivity (Wildman–Crippen MR) is 74.7 cm³/mol. The van der Waals surface area contributed by atoms with Crippen LogP contribution < -0.4 is 17.0 Å². The number of nitrogens with one attached hydrogen (secondary N) is 3. The number of benzene rings is 1. The van der Waals surface area contributed by atoms with E-state index in [1.807, 2.05) is 30.3 Å². The zero-order chi connectivity index (χ0) is 14.1. The van der Waals surface area contributed by atoms with E-state index in [9.17, 15) is 9.59 Å². The van der Waals surface area contributed by atoms with Crippen LogP contribution in [-0.2, 0) is 0 Å². The first-order chi connectivity index (χ1) is 9.69. The number of nitrogens with two attached hydrogens (primary N) is 1. The fourth-order valence-electron chi connectivity index (χ4n) is 2.21. The van der Waals surface area contributed by atoms with Crippen molar-refractivity contribution in [1.29, 1.82) is 0 Å². The van der Waals surface area contributed by atoms with Gasteiger partial charge in [-0.3, -0.25) is 14.8 Å². The highest BCUT2D eigenvalue weighted by atomic mass is 16.2. The molecule has 3 aromatic rings. The molecule has 0 saturated heterocycles. The van der Waals surface area contributed by atoms with Gasteiger partial charge in [0, 0.05) is 6.54 Å². The minimum atomic E-state index is -0.579. The second-order valence-electron chi connectivity index (χ2n) is 4.45. The molecule has 3 rings (SSSR count). The van der Waals surface area contributed by atoms with Crippen molar-refractivity contribution < 1.29 is 0 Å². The lowest BCUT2D eigenvalue weighted by atomic mass is 9.99. The Morgan fingerprint density at radius 2 is 1.85 bits per heavy atom. The van der Waals surface area contributed by atoms with Crippen molar-refractivity contribution in [2.45, 2.75) is 5.92 Å². The van der Waals surface area contributed by atoms with Gasteiger partial charge in [-0.15, -0.1) is 0 Å². The summed E-state index contributed by atoms with van der Waals surface area (Å²) in [6.45, 7) is 0.339. The van der Waals surface area contributed by atoms with Gasteiger partial charge in [0.1, 0.15) is 11.3 Å². The highest BCUT2D eigenvalue weighted by Gasteiger charge is 2.17. The molecule has 2 aromatic heterocycles. The first-order valence-electron chi connectivity index (χ1n) is 6.16. The second kappa shape index (κ2) is 4.78. The van der Waals surface area contributed by atoms with Crippen LogP contribution in [0.2, 0.25) is 0 Å². The summed E-state index contributed by atoms with van der Waals surface area (Å²) in [6.07, 6.45) is 0. The number of aromatic nitrogens is 4. The summed E-state index contributed by atoms with van der Waals surface area (Å²) in [5, 5.41) is 0. The van der Waals surface area contributed by atoms with Gasteiger partial charge in [-0.05, 0) is 5.56 Å². The first-order valence-corrected chi connectivity index (χ1v) is 6.16. The number of imidazole rings is 1. The molecule has 7 heteroatoms. The number of nitrogens with zero attached hydrogens (tertiary/aromatic N) is 1. The van der Waals surface area contributed by atoms with Gasteiger partial charge in [0.15, 0.2) is 5.65 Å². The van der Waals surface area contributed by atoms with Crippen LogP contribution in [-0.4, -0.2) is 26.5 Å². The molecular weight excluding hydrogens is 258 g/mol. The average Bonchev–Trinajstić information content (AvgIpc) is 2.84. The highest BCUT2D eigenvalue weighted by Crippen LogP contribution is 2.21. The van der Waals surface area contributed by atoms with Crippen LogP contribution in [0.1, 0.15) is 17.3 Å². The molecule has 0 bridgehead atoms. The maximum Gasteiger partial charge on any atom is 0.327 e. The van der Waals surface area contributed by atoms with Crippen LogP contribution >= 0.6 is 0 Å². The Morgan fingerprint density at radius 3 is 2.55 bits per heavy atom. The van der Waals surface area contributed by atoms with E-state index in [0.717, 1.165) is 5.56 Å². The van der Waals surface area contributed by atoms with Crippen molar-refractivity contribution in [3.05, 3.63) is 62.6 Å². The quantitative estimate of drug-likeness (QED) is 0.537. The number of hydrogen-bond acceptors (Lipinski definition) is 4. The van der Waals surface area contributed by atoms with E-state index in [4.69, 9.17) is 5.73 Å². The Hall–Kier alpha value is -2.67. The summed E-state index contributed by atoms with van der Waals surface area (Å²) in [7, 11) is 0. The molecule has 0 aliphatic rings. The van der Waals surface area contributed by atoms with Crippen LogP contribution in [0.3, 0.4) is 0 Å². The zero-order valence-corrected chi connectivity index (χ0v) is 10.5.